The summed E-state index contributed by atoms with van der Waals surface area (Å²) in [4.78, 5) is 15.3. The van der Waals surface area contributed by atoms with E-state index >= 15 is 0 Å². The van der Waals surface area contributed by atoms with Gasteiger partial charge in [-0.3, -0.25) is 0 Å². The Hall–Kier alpha value is -2.56. The molecule has 0 aliphatic heterocycles. The Labute approximate surface area is 110 Å². The zero-order valence-corrected chi connectivity index (χ0v) is 10.6. The zero-order valence-electron chi connectivity index (χ0n) is 10.6. The molecule has 98 valence electrons. The van der Waals surface area contributed by atoms with E-state index < -0.39 is 5.97 Å². The minimum Gasteiger partial charge on any atom is -0.496 e. The minimum absolute atomic E-state index is 0.103. The van der Waals surface area contributed by atoms with Crippen molar-refractivity contribution >= 4 is 5.97 Å². The molecule has 2 aromatic rings. The molecule has 0 spiro atoms. The van der Waals surface area contributed by atoms with Gasteiger partial charge < -0.3 is 14.6 Å². The maximum atomic E-state index is 11.2. The second-order valence-electron chi connectivity index (χ2n) is 3.78. The fraction of sp³-hybridized carbons (Fsp3) is 0.143. The van der Waals surface area contributed by atoms with Gasteiger partial charge >= 0.3 is 5.97 Å². The SMILES string of the molecule is COc1ccc(-c2cccnc2OC)cc1C(=O)O. The van der Waals surface area contributed by atoms with Gasteiger partial charge in [0.05, 0.1) is 14.2 Å². The zero-order chi connectivity index (χ0) is 13.8. The number of carboxylic acid groups (broad SMARTS) is 1. The van der Waals surface area contributed by atoms with Crippen LogP contribution >= 0.6 is 0 Å². The standard InChI is InChI=1S/C14H13NO4/c1-18-12-6-5-9(8-11(12)14(16)17)10-4-3-7-15-13(10)19-2/h3-8H,1-2H3,(H,16,17). The molecule has 0 saturated carbocycles. The molecule has 2 rings (SSSR count). The summed E-state index contributed by atoms with van der Waals surface area (Å²) in [6.07, 6.45) is 1.62. The van der Waals surface area contributed by atoms with Gasteiger partial charge in [-0.2, -0.15) is 0 Å². The highest BCUT2D eigenvalue weighted by molar-refractivity contribution is 5.93. The van der Waals surface area contributed by atoms with Crippen LogP contribution in [0.25, 0.3) is 11.1 Å². The van der Waals surface area contributed by atoms with E-state index in [0.29, 0.717) is 17.2 Å². The van der Waals surface area contributed by atoms with Crippen molar-refractivity contribution in [3.05, 3.63) is 42.1 Å². The van der Waals surface area contributed by atoms with Crippen molar-refractivity contribution in [2.45, 2.75) is 0 Å². The highest BCUT2D eigenvalue weighted by Crippen LogP contribution is 2.31. The van der Waals surface area contributed by atoms with E-state index in [1.54, 1.807) is 30.5 Å². The van der Waals surface area contributed by atoms with Gasteiger partial charge in [-0.05, 0) is 29.8 Å². The second kappa shape index (κ2) is 5.39. The Bertz CT molecular complexity index is 610. The third-order valence-corrected chi connectivity index (χ3v) is 2.71. The molecule has 0 saturated heterocycles. The van der Waals surface area contributed by atoms with Gasteiger partial charge in [0.1, 0.15) is 11.3 Å². The first kappa shape index (κ1) is 12.9. The van der Waals surface area contributed by atoms with E-state index in [0.717, 1.165) is 5.56 Å². The second-order valence-corrected chi connectivity index (χ2v) is 3.78. The van der Waals surface area contributed by atoms with Crippen molar-refractivity contribution < 1.29 is 19.4 Å². The number of carbonyl (C=O) groups is 1. The topological polar surface area (TPSA) is 68.7 Å². The number of pyridine rings is 1. The van der Waals surface area contributed by atoms with Crippen molar-refractivity contribution in [3.8, 4) is 22.8 Å². The van der Waals surface area contributed by atoms with Crippen LogP contribution in [0.4, 0.5) is 0 Å². The van der Waals surface area contributed by atoms with E-state index in [-0.39, 0.29) is 5.56 Å². The fourth-order valence-corrected chi connectivity index (χ4v) is 1.82. The monoisotopic (exact) mass is 259 g/mol. The third kappa shape index (κ3) is 2.49. The van der Waals surface area contributed by atoms with Gasteiger partial charge in [-0.25, -0.2) is 9.78 Å². The molecule has 0 fully saturated rings. The summed E-state index contributed by atoms with van der Waals surface area (Å²) in [6, 6.07) is 8.51. The highest BCUT2D eigenvalue weighted by Gasteiger charge is 2.14. The Kier molecular flexibility index (Phi) is 3.66. The molecule has 0 aliphatic rings. The number of rotatable bonds is 4. The molecule has 0 bridgehead atoms. The molecule has 1 heterocycles. The lowest BCUT2D eigenvalue weighted by atomic mass is 10.0. The first-order chi connectivity index (χ1) is 9.17. The minimum atomic E-state index is -1.04. The fourth-order valence-electron chi connectivity index (χ4n) is 1.82. The number of aromatic nitrogens is 1. The molecule has 0 unspecified atom stereocenters. The summed E-state index contributed by atoms with van der Waals surface area (Å²) in [5.74, 6) is -0.273. The lowest BCUT2D eigenvalue weighted by molar-refractivity contribution is 0.0693. The number of hydrogen-bond acceptors (Lipinski definition) is 4. The van der Waals surface area contributed by atoms with Gasteiger partial charge in [0, 0.05) is 11.8 Å². The van der Waals surface area contributed by atoms with Crippen LogP contribution in [0.5, 0.6) is 11.6 Å². The highest BCUT2D eigenvalue weighted by atomic mass is 16.5. The maximum absolute atomic E-state index is 11.2. The molecule has 1 aromatic carbocycles. The van der Waals surface area contributed by atoms with Crippen LogP contribution in [0.15, 0.2) is 36.5 Å². The van der Waals surface area contributed by atoms with Crippen molar-refractivity contribution in [1.82, 2.24) is 4.98 Å². The van der Waals surface area contributed by atoms with Crippen LogP contribution in [0.1, 0.15) is 10.4 Å². The molecule has 19 heavy (non-hydrogen) atoms. The first-order valence-corrected chi connectivity index (χ1v) is 5.58. The summed E-state index contributed by atoms with van der Waals surface area (Å²) >= 11 is 0. The Morgan fingerprint density at radius 2 is 2.00 bits per heavy atom. The molecule has 1 N–H and O–H groups in total. The number of nitrogens with zero attached hydrogens (tertiary/aromatic N) is 1. The van der Waals surface area contributed by atoms with Crippen LogP contribution in [-0.4, -0.2) is 30.3 Å². The Morgan fingerprint density at radius 1 is 1.21 bits per heavy atom. The van der Waals surface area contributed by atoms with Crippen LogP contribution in [0.3, 0.4) is 0 Å². The van der Waals surface area contributed by atoms with E-state index in [2.05, 4.69) is 4.98 Å². The largest absolute Gasteiger partial charge is 0.496 e. The predicted molar refractivity (Wildman–Crippen MR) is 69.7 cm³/mol. The third-order valence-electron chi connectivity index (χ3n) is 2.71. The summed E-state index contributed by atoms with van der Waals surface area (Å²) in [6.45, 7) is 0. The van der Waals surface area contributed by atoms with E-state index in [1.165, 1.54) is 14.2 Å². The number of hydrogen-bond donors (Lipinski definition) is 1. The van der Waals surface area contributed by atoms with Crippen LogP contribution < -0.4 is 9.47 Å². The lowest BCUT2D eigenvalue weighted by Crippen LogP contribution is -2.01. The van der Waals surface area contributed by atoms with Crippen molar-refractivity contribution in [2.75, 3.05) is 14.2 Å². The molecule has 1 aromatic heterocycles. The molecule has 5 nitrogen and oxygen atoms in total. The Balaban J connectivity index is 2.57. The van der Waals surface area contributed by atoms with Crippen LogP contribution in [0.2, 0.25) is 0 Å². The number of carboxylic acids is 1. The van der Waals surface area contributed by atoms with Gasteiger partial charge in [-0.15, -0.1) is 0 Å². The Morgan fingerprint density at radius 3 is 2.63 bits per heavy atom. The molecular weight excluding hydrogens is 246 g/mol. The van der Waals surface area contributed by atoms with E-state index in [4.69, 9.17) is 14.6 Å². The average Bonchev–Trinajstić information content (AvgIpc) is 2.46. The van der Waals surface area contributed by atoms with Gasteiger partial charge in [0.25, 0.3) is 0 Å². The molecule has 0 atom stereocenters. The normalized spacial score (nSPS) is 10.0. The molecule has 0 radical (unpaired) electrons. The van der Waals surface area contributed by atoms with Crippen LogP contribution in [0, 0.1) is 0 Å². The molecule has 5 heteroatoms. The van der Waals surface area contributed by atoms with Crippen molar-refractivity contribution in [1.29, 1.82) is 0 Å². The number of benzene rings is 1. The smallest absolute Gasteiger partial charge is 0.339 e. The maximum Gasteiger partial charge on any atom is 0.339 e. The predicted octanol–water partition coefficient (Wildman–Crippen LogP) is 2.46. The summed E-state index contributed by atoms with van der Waals surface area (Å²) in [7, 11) is 2.96. The van der Waals surface area contributed by atoms with E-state index in [9.17, 15) is 4.79 Å². The lowest BCUT2D eigenvalue weighted by Gasteiger charge is -2.10. The number of aromatic carboxylic acids is 1. The summed E-state index contributed by atoms with van der Waals surface area (Å²) in [5, 5.41) is 9.17. The number of ether oxygens (including phenoxy) is 2. The van der Waals surface area contributed by atoms with Crippen LogP contribution in [-0.2, 0) is 0 Å². The van der Waals surface area contributed by atoms with E-state index in [1.807, 2.05) is 6.07 Å². The average molecular weight is 259 g/mol. The number of methoxy groups -OCH3 is 2. The van der Waals surface area contributed by atoms with Crippen molar-refractivity contribution in [3.63, 3.8) is 0 Å². The molecule has 0 amide bonds. The quantitative estimate of drug-likeness (QED) is 0.913. The first-order valence-electron chi connectivity index (χ1n) is 5.58. The van der Waals surface area contributed by atoms with Gasteiger partial charge in [-0.1, -0.05) is 6.07 Å². The molecular formula is C14H13NO4. The summed E-state index contributed by atoms with van der Waals surface area (Å²) < 4.78 is 10.2. The van der Waals surface area contributed by atoms with Gasteiger partial charge in [0.15, 0.2) is 0 Å². The summed E-state index contributed by atoms with van der Waals surface area (Å²) in [5.41, 5.74) is 1.55. The van der Waals surface area contributed by atoms with Crippen molar-refractivity contribution in [2.24, 2.45) is 0 Å². The van der Waals surface area contributed by atoms with Gasteiger partial charge in [0.2, 0.25) is 5.88 Å². The molecule has 0 aliphatic carbocycles.